The van der Waals surface area contributed by atoms with E-state index in [2.05, 4.69) is 12.2 Å². The van der Waals surface area contributed by atoms with E-state index in [1.54, 1.807) is 0 Å². The smallest absolute Gasteiger partial charge is 0.00952 e. The lowest BCUT2D eigenvalue weighted by molar-refractivity contribution is 0.201. The van der Waals surface area contributed by atoms with E-state index in [0.29, 0.717) is 0 Å². The lowest BCUT2D eigenvalue weighted by Gasteiger charge is -2.37. The SMILES string of the molecule is CC1CCCCC1NC1CCCC(C2CC2)C1. The van der Waals surface area contributed by atoms with E-state index in [0.717, 1.165) is 29.8 Å². The molecule has 98 valence electrons. The minimum absolute atomic E-state index is 0.840. The Kier molecular flexibility index (Phi) is 3.75. The first-order valence-electron chi connectivity index (χ1n) is 8.09. The van der Waals surface area contributed by atoms with Crippen LogP contribution in [0.15, 0.2) is 0 Å². The predicted octanol–water partition coefficient (Wildman–Crippen LogP) is 4.12. The van der Waals surface area contributed by atoms with Crippen LogP contribution in [-0.2, 0) is 0 Å². The van der Waals surface area contributed by atoms with Crippen molar-refractivity contribution in [2.24, 2.45) is 17.8 Å². The monoisotopic (exact) mass is 235 g/mol. The van der Waals surface area contributed by atoms with Crippen molar-refractivity contribution < 1.29 is 0 Å². The number of nitrogens with one attached hydrogen (secondary N) is 1. The number of hydrogen-bond acceptors (Lipinski definition) is 1. The summed E-state index contributed by atoms with van der Waals surface area (Å²) in [5.74, 6) is 3.13. The van der Waals surface area contributed by atoms with Crippen LogP contribution in [0.5, 0.6) is 0 Å². The highest BCUT2D eigenvalue weighted by molar-refractivity contribution is 4.90. The van der Waals surface area contributed by atoms with Crippen molar-refractivity contribution in [1.29, 1.82) is 0 Å². The van der Waals surface area contributed by atoms with Crippen molar-refractivity contribution in [3.8, 4) is 0 Å². The second-order valence-corrected chi connectivity index (χ2v) is 7.00. The second kappa shape index (κ2) is 5.30. The van der Waals surface area contributed by atoms with Crippen molar-refractivity contribution >= 4 is 0 Å². The molecule has 0 aromatic carbocycles. The van der Waals surface area contributed by atoms with Gasteiger partial charge in [0.1, 0.15) is 0 Å². The molecule has 3 aliphatic rings. The fourth-order valence-corrected chi connectivity index (χ4v) is 4.24. The minimum Gasteiger partial charge on any atom is -0.311 e. The van der Waals surface area contributed by atoms with Crippen LogP contribution in [-0.4, -0.2) is 12.1 Å². The summed E-state index contributed by atoms with van der Waals surface area (Å²) < 4.78 is 0. The Balaban J connectivity index is 1.49. The molecule has 17 heavy (non-hydrogen) atoms. The summed E-state index contributed by atoms with van der Waals surface area (Å²) >= 11 is 0. The molecule has 0 aromatic rings. The van der Waals surface area contributed by atoms with Gasteiger partial charge in [0.25, 0.3) is 0 Å². The average molecular weight is 235 g/mol. The first-order valence-corrected chi connectivity index (χ1v) is 8.09. The van der Waals surface area contributed by atoms with Gasteiger partial charge in [0.15, 0.2) is 0 Å². The van der Waals surface area contributed by atoms with Crippen LogP contribution >= 0.6 is 0 Å². The zero-order valence-corrected chi connectivity index (χ0v) is 11.5. The standard InChI is InChI=1S/C16H29N/c1-12-5-2-3-8-16(12)17-15-7-4-6-14(11-15)13-9-10-13/h12-17H,2-11H2,1H3. The molecule has 0 radical (unpaired) electrons. The molecule has 3 aliphatic carbocycles. The molecule has 3 rings (SSSR count). The van der Waals surface area contributed by atoms with Gasteiger partial charge in [0.05, 0.1) is 0 Å². The fourth-order valence-electron chi connectivity index (χ4n) is 4.24. The van der Waals surface area contributed by atoms with Gasteiger partial charge in [0, 0.05) is 12.1 Å². The zero-order chi connectivity index (χ0) is 11.7. The van der Waals surface area contributed by atoms with Crippen LogP contribution in [0, 0.1) is 17.8 Å². The maximum Gasteiger partial charge on any atom is 0.00952 e. The summed E-state index contributed by atoms with van der Waals surface area (Å²) in [5, 5.41) is 4.02. The largest absolute Gasteiger partial charge is 0.311 e. The maximum atomic E-state index is 4.02. The van der Waals surface area contributed by atoms with Crippen molar-refractivity contribution in [1.82, 2.24) is 5.32 Å². The molecule has 3 saturated carbocycles. The van der Waals surface area contributed by atoms with Crippen LogP contribution in [0.25, 0.3) is 0 Å². The van der Waals surface area contributed by atoms with E-state index in [9.17, 15) is 0 Å². The first-order chi connectivity index (χ1) is 8.33. The molecule has 0 saturated heterocycles. The fraction of sp³-hybridized carbons (Fsp3) is 1.00. The Hall–Kier alpha value is -0.0400. The summed E-state index contributed by atoms with van der Waals surface area (Å²) in [7, 11) is 0. The third kappa shape index (κ3) is 3.05. The molecule has 0 aromatic heterocycles. The molecule has 0 amide bonds. The number of rotatable bonds is 3. The Morgan fingerprint density at radius 1 is 0.765 bits per heavy atom. The topological polar surface area (TPSA) is 12.0 Å². The molecule has 0 heterocycles. The molecule has 4 unspecified atom stereocenters. The van der Waals surface area contributed by atoms with E-state index in [4.69, 9.17) is 0 Å². The molecular formula is C16H29N. The summed E-state index contributed by atoms with van der Waals surface area (Å²) in [6.07, 6.45) is 14.9. The average Bonchev–Trinajstić information content (AvgIpc) is 3.17. The third-order valence-electron chi connectivity index (χ3n) is 5.56. The van der Waals surface area contributed by atoms with E-state index >= 15 is 0 Å². The van der Waals surface area contributed by atoms with Gasteiger partial charge in [-0.1, -0.05) is 32.6 Å². The van der Waals surface area contributed by atoms with Gasteiger partial charge in [-0.3, -0.25) is 0 Å². The van der Waals surface area contributed by atoms with Gasteiger partial charge < -0.3 is 5.32 Å². The predicted molar refractivity (Wildman–Crippen MR) is 73.0 cm³/mol. The van der Waals surface area contributed by atoms with E-state index < -0.39 is 0 Å². The maximum absolute atomic E-state index is 4.02. The zero-order valence-electron chi connectivity index (χ0n) is 11.5. The summed E-state index contributed by atoms with van der Waals surface area (Å²) in [6, 6.07) is 1.70. The van der Waals surface area contributed by atoms with Crippen LogP contribution in [0.4, 0.5) is 0 Å². The van der Waals surface area contributed by atoms with Crippen LogP contribution in [0.2, 0.25) is 0 Å². The van der Waals surface area contributed by atoms with E-state index in [-0.39, 0.29) is 0 Å². The number of hydrogen-bond donors (Lipinski definition) is 1. The molecular weight excluding hydrogens is 206 g/mol. The van der Waals surface area contributed by atoms with Crippen molar-refractivity contribution in [3.63, 3.8) is 0 Å². The highest BCUT2D eigenvalue weighted by Gasteiger charge is 2.35. The molecule has 1 N–H and O–H groups in total. The van der Waals surface area contributed by atoms with Gasteiger partial charge in [0.2, 0.25) is 0 Å². The Labute approximate surface area is 107 Å². The Morgan fingerprint density at radius 3 is 2.35 bits per heavy atom. The Morgan fingerprint density at radius 2 is 1.59 bits per heavy atom. The summed E-state index contributed by atoms with van der Waals surface area (Å²) in [5.41, 5.74) is 0. The van der Waals surface area contributed by atoms with Gasteiger partial charge in [-0.05, 0) is 56.3 Å². The van der Waals surface area contributed by atoms with Crippen LogP contribution < -0.4 is 5.32 Å². The normalized spacial score (nSPS) is 43.6. The molecule has 0 bridgehead atoms. The first kappa shape index (κ1) is 12.0. The van der Waals surface area contributed by atoms with Gasteiger partial charge in [-0.15, -0.1) is 0 Å². The van der Waals surface area contributed by atoms with Crippen molar-refractivity contribution in [2.45, 2.75) is 83.2 Å². The lowest BCUT2D eigenvalue weighted by atomic mass is 9.80. The van der Waals surface area contributed by atoms with Gasteiger partial charge in [-0.25, -0.2) is 0 Å². The van der Waals surface area contributed by atoms with Crippen molar-refractivity contribution in [2.75, 3.05) is 0 Å². The quantitative estimate of drug-likeness (QED) is 0.776. The molecule has 0 aliphatic heterocycles. The van der Waals surface area contributed by atoms with Gasteiger partial charge >= 0.3 is 0 Å². The summed E-state index contributed by atoms with van der Waals surface area (Å²) in [6.45, 7) is 2.46. The molecule has 3 fully saturated rings. The molecule has 1 heteroatoms. The molecule has 1 nitrogen and oxygen atoms in total. The molecule has 0 spiro atoms. The minimum atomic E-state index is 0.840. The van der Waals surface area contributed by atoms with E-state index in [1.807, 2.05) is 0 Å². The summed E-state index contributed by atoms with van der Waals surface area (Å²) in [4.78, 5) is 0. The second-order valence-electron chi connectivity index (χ2n) is 7.00. The van der Waals surface area contributed by atoms with Crippen molar-refractivity contribution in [3.05, 3.63) is 0 Å². The highest BCUT2D eigenvalue weighted by atomic mass is 15.0. The van der Waals surface area contributed by atoms with Gasteiger partial charge in [-0.2, -0.15) is 0 Å². The van der Waals surface area contributed by atoms with Crippen LogP contribution in [0.1, 0.15) is 71.1 Å². The van der Waals surface area contributed by atoms with Crippen LogP contribution in [0.3, 0.4) is 0 Å². The highest BCUT2D eigenvalue weighted by Crippen LogP contribution is 2.44. The van der Waals surface area contributed by atoms with E-state index in [1.165, 1.54) is 64.2 Å². The lowest BCUT2D eigenvalue weighted by Crippen LogP contribution is -2.45. The third-order valence-corrected chi connectivity index (χ3v) is 5.56. The Bertz CT molecular complexity index is 246. The molecule has 4 atom stereocenters.